The highest BCUT2D eigenvalue weighted by molar-refractivity contribution is 8.02. The van der Waals surface area contributed by atoms with Crippen molar-refractivity contribution in [2.75, 3.05) is 6.26 Å². The van der Waals surface area contributed by atoms with Gasteiger partial charge in [-0.1, -0.05) is 24.3 Å². The summed E-state index contributed by atoms with van der Waals surface area (Å²) in [7, 11) is -7.07. The van der Waals surface area contributed by atoms with Crippen LogP contribution in [-0.2, 0) is 19.8 Å². The van der Waals surface area contributed by atoms with Gasteiger partial charge in [0, 0.05) is 17.3 Å². The Labute approximate surface area is 118 Å². The van der Waals surface area contributed by atoms with Gasteiger partial charge in [0.05, 0.1) is 9.73 Å². The van der Waals surface area contributed by atoms with Gasteiger partial charge in [0.1, 0.15) is 0 Å². The van der Waals surface area contributed by atoms with Gasteiger partial charge in [0.2, 0.25) is 0 Å². The first-order valence-electron chi connectivity index (χ1n) is 5.77. The van der Waals surface area contributed by atoms with Crippen LogP contribution in [0.5, 0.6) is 0 Å². The largest absolute Gasteiger partial charge is 0.307 e. The average Bonchev–Trinajstić information content (AvgIpc) is 2.39. The fourth-order valence-electron chi connectivity index (χ4n) is 1.55. The lowest BCUT2D eigenvalue weighted by Crippen LogP contribution is -2.06. The summed E-state index contributed by atoms with van der Waals surface area (Å²) < 4.78 is 40.3. The summed E-state index contributed by atoms with van der Waals surface area (Å²) in [5, 5.41) is -0.200. The Balaban J connectivity index is 2.53. The van der Waals surface area contributed by atoms with Crippen LogP contribution in [0.3, 0.4) is 0 Å². The van der Waals surface area contributed by atoms with E-state index in [1.165, 1.54) is 18.5 Å². The molecule has 0 N–H and O–H groups in total. The van der Waals surface area contributed by atoms with Gasteiger partial charge in [-0.3, -0.25) is 0 Å². The van der Waals surface area contributed by atoms with Crippen LogP contribution in [0.2, 0.25) is 0 Å². The van der Waals surface area contributed by atoms with Crippen LogP contribution >= 0.6 is 0 Å². The van der Waals surface area contributed by atoms with Crippen molar-refractivity contribution in [3.63, 3.8) is 0 Å². The molecule has 1 heterocycles. The van der Waals surface area contributed by atoms with Crippen molar-refractivity contribution in [2.45, 2.75) is 16.8 Å². The lowest BCUT2D eigenvalue weighted by molar-refractivity contribution is 0.594. The van der Waals surface area contributed by atoms with Gasteiger partial charge < -0.3 is 0 Å². The van der Waals surface area contributed by atoms with Crippen molar-refractivity contribution in [2.24, 2.45) is 3.77 Å². The molecule has 0 spiro atoms. The zero-order chi connectivity index (χ0) is 14.8. The Morgan fingerprint density at radius 2 is 1.65 bits per heavy atom. The minimum atomic E-state index is -4.04. The third kappa shape index (κ3) is 3.23. The number of aryl methyl sites for hydroxylation is 1. The highest BCUT2D eigenvalue weighted by Crippen LogP contribution is 2.17. The number of pyridine rings is 1. The number of hydrogen-bond donors (Lipinski definition) is 0. The molecular weight excluding hydrogens is 296 g/mol. The number of aromatic nitrogens is 1. The Bertz CT molecular complexity index is 820. The summed E-state index contributed by atoms with van der Waals surface area (Å²) in [5.41, 5.74) is 0.837. The van der Waals surface area contributed by atoms with E-state index in [0.717, 1.165) is 5.56 Å². The van der Waals surface area contributed by atoms with Crippen LogP contribution in [-0.4, -0.2) is 23.9 Å². The second kappa shape index (κ2) is 5.34. The lowest BCUT2D eigenvalue weighted by Gasteiger charge is -2.04. The van der Waals surface area contributed by atoms with E-state index in [1.807, 2.05) is 0 Å². The van der Waals surface area contributed by atoms with Gasteiger partial charge >= 0.3 is 10.0 Å². The number of sulfonamides is 1. The maximum atomic E-state index is 12.5. The second-order valence-electron chi connectivity index (χ2n) is 4.34. The van der Waals surface area contributed by atoms with E-state index >= 15 is 0 Å². The minimum Gasteiger partial charge on any atom is -0.244 e. The summed E-state index contributed by atoms with van der Waals surface area (Å²) in [6.07, 6.45) is 2.73. The van der Waals surface area contributed by atoms with Crippen LogP contribution in [0.1, 0.15) is 5.56 Å². The predicted molar refractivity (Wildman–Crippen MR) is 77.4 cm³/mol. The van der Waals surface area contributed by atoms with Crippen molar-refractivity contribution in [3.05, 3.63) is 54.2 Å². The number of hydrogen-bond acceptors (Lipinski definition) is 4. The first-order valence-corrected chi connectivity index (χ1v) is 9.14. The zero-order valence-electron chi connectivity index (χ0n) is 11.1. The van der Waals surface area contributed by atoms with E-state index in [1.54, 1.807) is 43.3 Å². The third-order valence-corrected chi connectivity index (χ3v) is 6.41. The van der Waals surface area contributed by atoms with Gasteiger partial charge in [-0.25, -0.2) is 9.19 Å². The molecule has 2 rings (SSSR count). The van der Waals surface area contributed by atoms with Gasteiger partial charge in [-0.05, 0) is 30.7 Å². The summed E-state index contributed by atoms with van der Waals surface area (Å²) in [5.74, 6) is 0. The fraction of sp³-hybridized carbons (Fsp3) is 0.154. The number of rotatable bonds is 3. The standard InChI is InChI=1S/C13H14N2O3S2/c1-11-8-9-13(14-10-11)20(17,18)15-19(2,16)12-6-4-3-5-7-12/h3-10H,1-2H3. The van der Waals surface area contributed by atoms with E-state index in [-0.39, 0.29) is 5.03 Å². The monoisotopic (exact) mass is 310 g/mol. The Morgan fingerprint density at radius 1 is 1.00 bits per heavy atom. The molecule has 0 bridgehead atoms. The molecule has 0 aliphatic rings. The molecule has 1 unspecified atom stereocenters. The van der Waals surface area contributed by atoms with Crippen molar-refractivity contribution >= 4 is 19.8 Å². The topological polar surface area (TPSA) is 76.5 Å². The molecular formula is C13H14N2O3S2. The van der Waals surface area contributed by atoms with Gasteiger partial charge in [0.15, 0.2) is 5.03 Å². The Kier molecular flexibility index (Phi) is 3.92. The Morgan fingerprint density at radius 3 is 2.20 bits per heavy atom. The van der Waals surface area contributed by atoms with Gasteiger partial charge in [-0.15, -0.1) is 3.77 Å². The number of benzene rings is 1. The predicted octanol–water partition coefficient (Wildman–Crippen LogP) is 2.24. The van der Waals surface area contributed by atoms with Crippen LogP contribution in [0, 0.1) is 6.92 Å². The lowest BCUT2D eigenvalue weighted by atomic mass is 10.3. The van der Waals surface area contributed by atoms with Crippen LogP contribution in [0.15, 0.2) is 62.4 Å². The SMILES string of the molecule is Cc1ccc(S(=O)(=O)N=S(C)(=O)c2ccccc2)nc1. The molecule has 0 aliphatic heterocycles. The minimum absolute atomic E-state index is 0.200. The molecule has 2 aromatic rings. The van der Waals surface area contributed by atoms with E-state index in [2.05, 4.69) is 8.75 Å². The van der Waals surface area contributed by atoms with Crippen molar-refractivity contribution in [1.29, 1.82) is 0 Å². The fourth-order valence-corrected chi connectivity index (χ4v) is 4.78. The molecule has 5 nitrogen and oxygen atoms in total. The molecule has 0 amide bonds. The molecule has 0 saturated heterocycles. The summed E-state index contributed by atoms with van der Waals surface area (Å²) in [4.78, 5) is 4.19. The first-order chi connectivity index (χ1) is 9.31. The first kappa shape index (κ1) is 14.7. The molecule has 1 atom stereocenters. The highest BCUT2D eigenvalue weighted by atomic mass is 32.3. The molecule has 0 radical (unpaired) electrons. The van der Waals surface area contributed by atoms with Gasteiger partial charge in [-0.2, -0.15) is 8.42 Å². The van der Waals surface area contributed by atoms with E-state index in [4.69, 9.17) is 0 Å². The molecule has 0 aliphatic carbocycles. The van der Waals surface area contributed by atoms with Gasteiger partial charge in [0.25, 0.3) is 0 Å². The molecule has 0 saturated carbocycles. The van der Waals surface area contributed by atoms with Crippen molar-refractivity contribution < 1.29 is 12.6 Å². The molecule has 7 heteroatoms. The zero-order valence-corrected chi connectivity index (χ0v) is 12.7. The van der Waals surface area contributed by atoms with E-state index in [9.17, 15) is 12.6 Å². The van der Waals surface area contributed by atoms with Crippen LogP contribution in [0.25, 0.3) is 0 Å². The Hall–Kier alpha value is -1.73. The maximum absolute atomic E-state index is 12.5. The molecule has 1 aromatic carbocycles. The quantitative estimate of drug-likeness (QED) is 0.871. The smallest absolute Gasteiger partial charge is 0.244 e. The number of nitrogens with zero attached hydrogens (tertiary/aromatic N) is 2. The van der Waals surface area contributed by atoms with Crippen molar-refractivity contribution in [1.82, 2.24) is 4.98 Å². The van der Waals surface area contributed by atoms with Crippen LogP contribution in [0.4, 0.5) is 0 Å². The molecule has 0 fully saturated rings. The highest BCUT2D eigenvalue weighted by Gasteiger charge is 2.18. The van der Waals surface area contributed by atoms with E-state index < -0.39 is 19.8 Å². The summed E-state index contributed by atoms with van der Waals surface area (Å²) in [6, 6.07) is 11.3. The second-order valence-corrected chi connectivity index (χ2v) is 8.38. The molecule has 106 valence electrons. The molecule has 1 aromatic heterocycles. The summed E-state index contributed by atoms with van der Waals surface area (Å²) >= 11 is 0. The van der Waals surface area contributed by atoms with Crippen molar-refractivity contribution in [3.8, 4) is 0 Å². The maximum Gasteiger partial charge on any atom is 0.307 e. The summed E-state index contributed by atoms with van der Waals surface area (Å²) in [6.45, 7) is 1.80. The average molecular weight is 310 g/mol. The third-order valence-electron chi connectivity index (χ3n) is 2.57. The molecule has 20 heavy (non-hydrogen) atoms. The van der Waals surface area contributed by atoms with Crippen LogP contribution < -0.4 is 0 Å². The van der Waals surface area contributed by atoms with E-state index in [0.29, 0.717) is 4.90 Å². The normalized spacial score (nSPS) is 14.5.